The Morgan fingerprint density at radius 2 is 2.00 bits per heavy atom. The van der Waals surface area contributed by atoms with Crippen molar-refractivity contribution >= 4 is 17.5 Å². The maximum Gasteiger partial charge on any atom is 0.352 e. The van der Waals surface area contributed by atoms with E-state index in [9.17, 15) is 14.4 Å². The molecule has 166 valence electrons. The fourth-order valence-electron chi connectivity index (χ4n) is 3.54. The van der Waals surface area contributed by atoms with Gasteiger partial charge >= 0.3 is 5.69 Å². The van der Waals surface area contributed by atoms with E-state index in [0.717, 1.165) is 33.2 Å². The molecule has 0 aliphatic carbocycles. The number of amides is 1. The molecule has 32 heavy (non-hydrogen) atoms. The van der Waals surface area contributed by atoms with E-state index in [2.05, 4.69) is 10.4 Å². The first kappa shape index (κ1) is 22.0. The number of benzene rings is 2. The zero-order chi connectivity index (χ0) is 22.7. The molecule has 1 aliphatic heterocycles. The van der Waals surface area contributed by atoms with Crippen LogP contribution in [0.5, 0.6) is 0 Å². The maximum atomic E-state index is 13.2. The topological polar surface area (TPSA) is 95.2 Å². The largest absolute Gasteiger partial charge is 0.376 e. The summed E-state index contributed by atoms with van der Waals surface area (Å²) in [6.07, 6.45) is 1.68. The predicted octanol–water partition coefficient (Wildman–Crippen LogP) is 2.31. The first-order chi connectivity index (χ1) is 15.4. The van der Waals surface area contributed by atoms with Crippen LogP contribution in [-0.4, -0.2) is 39.5 Å². The SMILES string of the molecule is Cc1ccc(Cn2c(=O)c(C(=O)NC[C@H]3CCCO3)nn(-c3cccc(Cl)c3)c2=O)cc1. The Kier molecular flexibility index (Phi) is 6.53. The molecule has 8 nitrogen and oxygen atoms in total. The van der Waals surface area contributed by atoms with Crippen LogP contribution in [0.4, 0.5) is 0 Å². The number of aryl methyl sites for hydroxylation is 1. The van der Waals surface area contributed by atoms with Crippen LogP contribution in [0.25, 0.3) is 5.69 Å². The summed E-state index contributed by atoms with van der Waals surface area (Å²) in [6, 6.07) is 14.0. The van der Waals surface area contributed by atoms with Crippen molar-refractivity contribution in [1.29, 1.82) is 0 Å². The third-order valence-corrected chi connectivity index (χ3v) is 5.54. The van der Waals surface area contributed by atoms with E-state index in [4.69, 9.17) is 16.3 Å². The Labute approximate surface area is 189 Å². The fraction of sp³-hybridized carbons (Fsp3) is 0.304. The van der Waals surface area contributed by atoms with Crippen LogP contribution < -0.4 is 16.6 Å². The molecule has 0 saturated carbocycles. The number of aromatic nitrogens is 3. The number of carbonyl (C=O) groups is 1. The molecule has 0 bridgehead atoms. The maximum absolute atomic E-state index is 13.2. The van der Waals surface area contributed by atoms with Gasteiger partial charge in [-0.3, -0.25) is 14.2 Å². The number of rotatable bonds is 6. The number of nitrogens with one attached hydrogen (secondary N) is 1. The minimum atomic E-state index is -0.751. The minimum absolute atomic E-state index is 0.00699. The fourth-order valence-corrected chi connectivity index (χ4v) is 3.73. The number of halogens is 1. The van der Waals surface area contributed by atoms with Crippen LogP contribution in [0.1, 0.15) is 34.5 Å². The van der Waals surface area contributed by atoms with Gasteiger partial charge in [-0.05, 0) is 43.5 Å². The molecule has 0 radical (unpaired) electrons. The van der Waals surface area contributed by atoms with Crippen molar-refractivity contribution in [3.05, 3.63) is 91.2 Å². The number of nitrogens with zero attached hydrogens (tertiary/aromatic N) is 3. The second-order valence-corrected chi connectivity index (χ2v) is 8.18. The summed E-state index contributed by atoms with van der Waals surface area (Å²) in [7, 11) is 0. The first-order valence-electron chi connectivity index (χ1n) is 10.4. The molecular formula is C23H23ClN4O4. The van der Waals surface area contributed by atoms with E-state index in [-0.39, 0.29) is 24.9 Å². The number of ether oxygens (including phenoxy) is 1. The smallest absolute Gasteiger partial charge is 0.352 e. The highest BCUT2D eigenvalue weighted by Gasteiger charge is 2.22. The summed E-state index contributed by atoms with van der Waals surface area (Å²) in [4.78, 5) is 39.2. The van der Waals surface area contributed by atoms with E-state index in [0.29, 0.717) is 17.3 Å². The molecule has 1 aromatic heterocycles. The quantitative estimate of drug-likeness (QED) is 0.616. The third kappa shape index (κ3) is 4.81. The van der Waals surface area contributed by atoms with Gasteiger partial charge in [0, 0.05) is 18.2 Å². The van der Waals surface area contributed by atoms with Gasteiger partial charge in [0.2, 0.25) is 5.69 Å². The molecule has 4 rings (SSSR count). The van der Waals surface area contributed by atoms with E-state index >= 15 is 0 Å². The van der Waals surface area contributed by atoms with Gasteiger partial charge in [-0.2, -0.15) is 9.78 Å². The van der Waals surface area contributed by atoms with Crippen molar-refractivity contribution in [2.24, 2.45) is 0 Å². The second kappa shape index (κ2) is 9.50. The molecular weight excluding hydrogens is 432 g/mol. The first-order valence-corrected chi connectivity index (χ1v) is 10.8. The van der Waals surface area contributed by atoms with Crippen LogP contribution in [0.15, 0.2) is 58.1 Å². The summed E-state index contributed by atoms with van der Waals surface area (Å²) in [6.45, 7) is 2.88. The highest BCUT2D eigenvalue weighted by atomic mass is 35.5. The molecule has 1 saturated heterocycles. The summed E-state index contributed by atoms with van der Waals surface area (Å²) < 4.78 is 7.56. The number of carbonyl (C=O) groups excluding carboxylic acids is 1. The predicted molar refractivity (Wildman–Crippen MR) is 121 cm³/mol. The van der Waals surface area contributed by atoms with Crippen molar-refractivity contribution in [1.82, 2.24) is 19.7 Å². The Hall–Kier alpha value is -3.23. The molecule has 0 spiro atoms. The van der Waals surface area contributed by atoms with Crippen molar-refractivity contribution in [3.8, 4) is 5.69 Å². The van der Waals surface area contributed by atoms with Gasteiger partial charge in [0.25, 0.3) is 11.5 Å². The molecule has 1 N–H and O–H groups in total. The molecule has 1 atom stereocenters. The monoisotopic (exact) mass is 454 g/mol. The van der Waals surface area contributed by atoms with Crippen LogP contribution in [0.3, 0.4) is 0 Å². The van der Waals surface area contributed by atoms with E-state index in [1.54, 1.807) is 24.3 Å². The molecule has 2 heterocycles. The van der Waals surface area contributed by atoms with Crippen molar-refractivity contribution in [2.75, 3.05) is 13.2 Å². The molecule has 0 unspecified atom stereocenters. The minimum Gasteiger partial charge on any atom is -0.376 e. The van der Waals surface area contributed by atoms with Crippen molar-refractivity contribution in [3.63, 3.8) is 0 Å². The summed E-state index contributed by atoms with van der Waals surface area (Å²) in [5.74, 6) is -0.654. The standard InChI is InChI=1S/C23H23ClN4O4/c1-15-7-9-16(10-8-15)14-27-22(30)20(21(29)25-13-19-6-3-11-32-19)26-28(23(27)31)18-5-2-4-17(24)12-18/h2,4-5,7-10,12,19H,3,6,11,13-14H2,1H3,(H,25,29)/t19-/m1/s1. The highest BCUT2D eigenvalue weighted by molar-refractivity contribution is 6.30. The van der Waals surface area contributed by atoms with Gasteiger partial charge in [0.1, 0.15) is 0 Å². The normalized spacial score (nSPS) is 15.6. The lowest BCUT2D eigenvalue weighted by molar-refractivity contribution is 0.0849. The van der Waals surface area contributed by atoms with Gasteiger partial charge in [-0.1, -0.05) is 47.5 Å². The Bertz CT molecular complexity index is 1240. The lowest BCUT2D eigenvalue weighted by Crippen LogP contribution is -2.46. The summed E-state index contributed by atoms with van der Waals surface area (Å²) >= 11 is 6.08. The van der Waals surface area contributed by atoms with Crippen LogP contribution in [0.2, 0.25) is 5.02 Å². The average molecular weight is 455 g/mol. The van der Waals surface area contributed by atoms with Gasteiger partial charge in [0.15, 0.2) is 0 Å². The number of hydrogen-bond donors (Lipinski definition) is 1. The Morgan fingerprint density at radius 1 is 1.22 bits per heavy atom. The lowest BCUT2D eigenvalue weighted by Gasteiger charge is -2.14. The molecule has 1 fully saturated rings. The van der Waals surface area contributed by atoms with Gasteiger partial charge in [0.05, 0.1) is 18.3 Å². The van der Waals surface area contributed by atoms with Crippen LogP contribution >= 0.6 is 11.6 Å². The van der Waals surface area contributed by atoms with Crippen molar-refractivity contribution in [2.45, 2.75) is 32.4 Å². The lowest BCUT2D eigenvalue weighted by atomic mass is 10.1. The Balaban J connectivity index is 1.76. The Morgan fingerprint density at radius 3 is 2.69 bits per heavy atom. The van der Waals surface area contributed by atoms with E-state index in [1.165, 1.54) is 0 Å². The van der Waals surface area contributed by atoms with Crippen LogP contribution in [-0.2, 0) is 11.3 Å². The molecule has 1 aliphatic rings. The molecule has 2 aromatic carbocycles. The summed E-state index contributed by atoms with van der Waals surface area (Å²) in [5, 5.41) is 7.21. The molecule has 9 heteroatoms. The van der Waals surface area contributed by atoms with Gasteiger partial charge < -0.3 is 10.1 Å². The zero-order valence-electron chi connectivity index (χ0n) is 17.6. The molecule has 3 aromatic rings. The zero-order valence-corrected chi connectivity index (χ0v) is 18.3. The van der Waals surface area contributed by atoms with Crippen LogP contribution in [0, 0.1) is 6.92 Å². The van der Waals surface area contributed by atoms with Gasteiger partial charge in [-0.15, -0.1) is 0 Å². The second-order valence-electron chi connectivity index (χ2n) is 7.74. The molecule has 1 amide bonds. The third-order valence-electron chi connectivity index (χ3n) is 5.30. The average Bonchev–Trinajstić information content (AvgIpc) is 3.30. The van der Waals surface area contributed by atoms with E-state index < -0.39 is 17.2 Å². The van der Waals surface area contributed by atoms with Gasteiger partial charge in [-0.25, -0.2) is 4.79 Å². The summed E-state index contributed by atoms with van der Waals surface area (Å²) in [5.41, 5.74) is 0.390. The van der Waals surface area contributed by atoms with Crippen molar-refractivity contribution < 1.29 is 9.53 Å². The number of hydrogen-bond acceptors (Lipinski definition) is 5. The highest BCUT2D eigenvalue weighted by Crippen LogP contribution is 2.13. The van der Waals surface area contributed by atoms with E-state index in [1.807, 2.05) is 31.2 Å².